The van der Waals surface area contributed by atoms with Gasteiger partial charge in [0.2, 0.25) is 10.4 Å². The molecule has 1 heterocycles. The Labute approximate surface area is 96.2 Å². The van der Waals surface area contributed by atoms with Gasteiger partial charge in [0.25, 0.3) is 5.82 Å². The largest absolute Gasteiger partial charge is 0.726 e. The van der Waals surface area contributed by atoms with Crippen molar-refractivity contribution in [3.63, 3.8) is 0 Å². The molecule has 0 radical (unpaired) electrons. The van der Waals surface area contributed by atoms with E-state index in [0.29, 0.717) is 0 Å². The van der Waals surface area contributed by atoms with Gasteiger partial charge in [0.05, 0.1) is 13.7 Å². The number of aromatic amines is 1. The smallest absolute Gasteiger partial charge is 0.251 e. The summed E-state index contributed by atoms with van der Waals surface area (Å²) < 4.78 is 34.2. The maximum atomic E-state index is 9.45. The summed E-state index contributed by atoms with van der Waals surface area (Å²) in [6.45, 7) is 5.56. The van der Waals surface area contributed by atoms with Crippen molar-refractivity contribution in [1.29, 1.82) is 0 Å². The second kappa shape index (κ2) is 6.62. The van der Waals surface area contributed by atoms with E-state index in [1.807, 2.05) is 0 Å². The number of nitrogens with zero attached hydrogens (tertiary/aromatic N) is 1. The maximum absolute atomic E-state index is 9.45. The van der Waals surface area contributed by atoms with E-state index in [2.05, 4.69) is 40.8 Å². The molecule has 0 aromatic carbocycles. The quantitative estimate of drug-likeness (QED) is 0.471. The fraction of sp³-hybridized carbons (Fsp3) is 0.667. The molecule has 94 valence electrons. The number of nitrogens with one attached hydrogen (secondary N) is 1. The molecule has 0 atom stereocenters. The van der Waals surface area contributed by atoms with Gasteiger partial charge >= 0.3 is 0 Å². The lowest BCUT2D eigenvalue weighted by Gasteiger charge is -2.02. The zero-order valence-corrected chi connectivity index (χ0v) is 10.8. The van der Waals surface area contributed by atoms with Crippen LogP contribution in [0.25, 0.3) is 0 Å². The molecule has 0 bridgehead atoms. The molecule has 0 saturated carbocycles. The van der Waals surface area contributed by atoms with Crippen LogP contribution in [0.1, 0.15) is 25.4 Å². The molecule has 0 amide bonds. The van der Waals surface area contributed by atoms with E-state index in [1.54, 1.807) is 0 Å². The molecule has 1 rings (SSSR count). The lowest BCUT2D eigenvalue weighted by atomic mass is 10.4. The third-order valence-corrected chi connectivity index (χ3v) is 2.53. The minimum absolute atomic E-state index is 0.0914. The van der Waals surface area contributed by atoms with Crippen LogP contribution in [0.5, 0.6) is 0 Å². The molecule has 0 saturated heterocycles. The van der Waals surface area contributed by atoms with Gasteiger partial charge in [0, 0.05) is 13.3 Å². The highest BCUT2D eigenvalue weighted by Gasteiger charge is 2.05. The maximum Gasteiger partial charge on any atom is 0.251 e. The Hall–Kier alpha value is -0.920. The molecular formula is C9H18N2O4S. The SMILES string of the molecule is CCOS(=O)(=O)[O-].CCc1c[nH]c(C)[n+]1C. The van der Waals surface area contributed by atoms with Gasteiger partial charge in [-0.15, -0.1) is 0 Å². The summed E-state index contributed by atoms with van der Waals surface area (Å²) in [5.74, 6) is 1.21. The molecule has 0 aliphatic carbocycles. The second-order valence-corrected chi connectivity index (χ2v) is 4.14. The van der Waals surface area contributed by atoms with Gasteiger partial charge < -0.3 is 4.55 Å². The fourth-order valence-corrected chi connectivity index (χ4v) is 1.37. The molecule has 0 fully saturated rings. The number of aromatic nitrogens is 2. The van der Waals surface area contributed by atoms with Gasteiger partial charge in [-0.2, -0.15) is 0 Å². The fourth-order valence-electron chi connectivity index (χ4n) is 1.08. The number of hydrogen-bond donors (Lipinski definition) is 1. The van der Waals surface area contributed by atoms with E-state index >= 15 is 0 Å². The molecule has 0 aliphatic rings. The normalized spacial score (nSPS) is 10.8. The highest BCUT2D eigenvalue weighted by Crippen LogP contribution is 1.91. The van der Waals surface area contributed by atoms with E-state index in [4.69, 9.17) is 0 Å². The van der Waals surface area contributed by atoms with Crippen LogP contribution in [0.15, 0.2) is 6.20 Å². The Morgan fingerprint density at radius 1 is 1.50 bits per heavy atom. The zero-order valence-electron chi connectivity index (χ0n) is 9.98. The van der Waals surface area contributed by atoms with Crippen molar-refractivity contribution in [3.8, 4) is 0 Å². The number of rotatable bonds is 3. The van der Waals surface area contributed by atoms with Crippen molar-refractivity contribution in [2.24, 2.45) is 7.05 Å². The molecule has 16 heavy (non-hydrogen) atoms. The van der Waals surface area contributed by atoms with E-state index in [9.17, 15) is 13.0 Å². The summed E-state index contributed by atoms with van der Waals surface area (Å²) in [6.07, 6.45) is 3.15. The lowest BCUT2D eigenvalue weighted by molar-refractivity contribution is -0.683. The van der Waals surface area contributed by atoms with Crippen molar-refractivity contribution < 1.29 is 21.7 Å². The van der Waals surface area contributed by atoms with Gasteiger partial charge in [-0.25, -0.2) is 18.0 Å². The number of H-pyrrole nitrogens is 1. The number of imidazole rings is 1. The van der Waals surface area contributed by atoms with Crippen LogP contribution in [-0.2, 0) is 28.1 Å². The Bertz CT molecular complexity index is 411. The molecule has 1 N–H and O–H groups in total. The monoisotopic (exact) mass is 250 g/mol. The van der Waals surface area contributed by atoms with Crippen molar-refractivity contribution >= 4 is 10.4 Å². The minimum atomic E-state index is -4.42. The van der Waals surface area contributed by atoms with Crippen molar-refractivity contribution in [3.05, 3.63) is 17.7 Å². The van der Waals surface area contributed by atoms with Crippen LogP contribution < -0.4 is 4.57 Å². The highest BCUT2D eigenvalue weighted by atomic mass is 32.3. The Morgan fingerprint density at radius 2 is 2.06 bits per heavy atom. The van der Waals surface area contributed by atoms with E-state index in [-0.39, 0.29) is 6.61 Å². The Kier molecular flexibility index (Phi) is 6.24. The van der Waals surface area contributed by atoms with Crippen LogP contribution in [0.2, 0.25) is 0 Å². The lowest BCUT2D eigenvalue weighted by Crippen LogP contribution is -2.33. The van der Waals surface area contributed by atoms with Crippen LogP contribution in [0, 0.1) is 6.92 Å². The first-order chi connectivity index (χ1) is 7.31. The van der Waals surface area contributed by atoms with E-state index in [1.165, 1.54) is 18.4 Å². The van der Waals surface area contributed by atoms with Crippen molar-refractivity contribution in [1.82, 2.24) is 4.98 Å². The summed E-state index contributed by atoms with van der Waals surface area (Å²) >= 11 is 0. The molecule has 6 nitrogen and oxygen atoms in total. The van der Waals surface area contributed by atoms with Gasteiger partial charge in [-0.05, 0) is 6.92 Å². The van der Waals surface area contributed by atoms with E-state index < -0.39 is 10.4 Å². The third-order valence-electron chi connectivity index (χ3n) is 2.01. The third kappa shape index (κ3) is 5.84. The van der Waals surface area contributed by atoms with Gasteiger partial charge in [0.1, 0.15) is 11.9 Å². The molecule has 0 aliphatic heterocycles. The topological polar surface area (TPSA) is 86.1 Å². The second-order valence-electron chi connectivity index (χ2n) is 3.09. The van der Waals surface area contributed by atoms with Gasteiger partial charge in [-0.1, -0.05) is 6.92 Å². The summed E-state index contributed by atoms with van der Waals surface area (Å²) in [4.78, 5) is 3.15. The molecule has 1 aromatic heterocycles. The van der Waals surface area contributed by atoms with Gasteiger partial charge in [-0.3, -0.25) is 4.18 Å². The first kappa shape index (κ1) is 15.1. The van der Waals surface area contributed by atoms with Crippen molar-refractivity contribution in [2.45, 2.75) is 27.2 Å². The Balaban J connectivity index is 0.000000293. The highest BCUT2D eigenvalue weighted by molar-refractivity contribution is 7.80. The standard InChI is InChI=1S/C7H12N2.C2H6O4S/c1-4-7-5-8-6(2)9(7)3;1-2-6-7(3,4)5/h5H,4H2,1-3H3;2H2,1H3,(H,3,4,5). The predicted molar refractivity (Wildman–Crippen MR) is 57.4 cm³/mol. The van der Waals surface area contributed by atoms with Crippen molar-refractivity contribution in [2.75, 3.05) is 6.61 Å². The molecule has 7 heteroatoms. The van der Waals surface area contributed by atoms with Gasteiger partial charge in [0.15, 0.2) is 0 Å². The molecule has 0 spiro atoms. The number of hydrogen-bond acceptors (Lipinski definition) is 4. The predicted octanol–water partition coefficient (Wildman–Crippen LogP) is 0.193. The van der Waals surface area contributed by atoms with Crippen LogP contribution >= 0.6 is 0 Å². The minimum Gasteiger partial charge on any atom is -0.726 e. The molecular weight excluding hydrogens is 232 g/mol. The number of aryl methyl sites for hydroxylation is 2. The summed E-state index contributed by atoms with van der Waals surface area (Å²) in [6, 6.07) is 0. The Morgan fingerprint density at radius 3 is 2.19 bits per heavy atom. The van der Waals surface area contributed by atoms with Crippen LogP contribution in [0.3, 0.4) is 0 Å². The average Bonchev–Trinajstić information content (AvgIpc) is 2.46. The van der Waals surface area contributed by atoms with Crippen LogP contribution in [-0.4, -0.2) is 24.6 Å². The van der Waals surface area contributed by atoms with E-state index in [0.717, 1.165) is 6.42 Å². The molecule has 1 aromatic rings. The zero-order chi connectivity index (χ0) is 12.8. The first-order valence-electron chi connectivity index (χ1n) is 4.94. The summed E-state index contributed by atoms with van der Waals surface area (Å²) in [7, 11) is -2.35. The molecule has 0 unspecified atom stereocenters. The van der Waals surface area contributed by atoms with Crippen LogP contribution in [0.4, 0.5) is 0 Å². The summed E-state index contributed by atoms with van der Waals surface area (Å²) in [5.41, 5.74) is 1.35. The summed E-state index contributed by atoms with van der Waals surface area (Å²) in [5, 5.41) is 0. The first-order valence-corrected chi connectivity index (χ1v) is 6.28. The average molecular weight is 250 g/mol.